The number of carbonyl (C=O) groups is 1. The summed E-state index contributed by atoms with van der Waals surface area (Å²) in [6.45, 7) is -1.07. The fraction of sp³-hybridized carbons (Fsp3) is 0.300. The van der Waals surface area contributed by atoms with Crippen LogP contribution in [0.1, 0.15) is 11.6 Å². The summed E-state index contributed by atoms with van der Waals surface area (Å²) < 4.78 is 45.0. The van der Waals surface area contributed by atoms with Gasteiger partial charge in [-0.25, -0.2) is 18.0 Å². The molecular weight excluding hydrogens is 338 g/mol. The normalized spacial score (nSPS) is 21.6. The van der Waals surface area contributed by atoms with Gasteiger partial charge in [0.1, 0.15) is 11.9 Å². The molecule has 1 aliphatic rings. The van der Waals surface area contributed by atoms with Crippen molar-refractivity contribution < 1.29 is 22.7 Å². The summed E-state index contributed by atoms with van der Waals surface area (Å²) in [4.78, 5) is 11.0. The minimum atomic E-state index is -3.36. The number of hydrogen-bond acceptors (Lipinski definition) is 2. The molecule has 1 aromatic carbocycles. The van der Waals surface area contributed by atoms with E-state index in [1.807, 2.05) is 5.32 Å². The summed E-state index contributed by atoms with van der Waals surface area (Å²) in [5.41, 5.74) is -0.283. The van der Waals surface area contributed by atoms with Gasteiger partial charge in [0.15, 0.2) is 6.61 Å². The van der Waals surface area contributed by atoms with Crippen molar-refractivity contribution in [1.29, 1.82) is 0 Å². The van der Waals surface area contributed by atoms with Crippen LogP contribution in [0.3, 0.4) is 0 Å². The lowest BCUT2D eigenvalue weighted by Crippen LogP contribution is -2.50. The maximum Gasteiger partial charge on any atom is 0.408 e. The highest BCUT2D eigenvalue weighted by Crippen LogP contribution is 2.38. The number of rotatable bonds is 1. The third-order valence-corrected chi connectivity index (χ3v) is 3.06. The second-order valence-electron chi connectivity index (χ2n) is 3.55. The molecule has 0 aromatic heterocycles. The number of nitrogens with one attached hydrogen (secondary N) is 1. The van der Waals surface area contributed by atoms with E-state index in [1.165, 1.54) is 12.1 Å². The van der Waals surface area contributed by atoms with Crippen molar-refractivity contribution in [2.45, 2.75) is 12.0 Å². The topological polar surface area (TPSA) is 38.3 Å². The molecule has 0 radical (unpaired) electrons. The zero-order chi connectivity index (χ0) is 12.6. The Morgan fingerprint density at radius 1 is 1.44 bits per heavy atom. The van der Waals surface area contributed by atoms with Gasteiger partial charge < -0.3 is 10.1 Å². The highest BCUT2D eigenvalue weighted by Gasteiger charge is 2.48. The second-order valence-corrected chi connectivity index (χ2v) is 4.40. The number of ether oxygens (including phenoxy) is 1. The van der Waals surface area contributed by atoms with Gasteiger partial charge in [-0.1, -0.05) is 22.0 Å². The first-order chi connectivity index (χ1) is 7.92. The molecule has 1 N–H and O–H groups in total. The quantitative estimate of drug-likeness (QED) is 0.846. The average Bonchev–Trinajstić information content (AvgIpc) is 2.23. The van der Waals surface area contributed by atoms with Crippen LogP contribution in [0.4, 0.5) is 18.0 Å². The van der Waals surface area contributed by atoms with Crippen LogP contribution in [0.2, 0.25) is 0 Å². The molecule has 1 aromatic rings. The Morgan fingerprint density at radius 3 is 2.72 bits per heavy atom. The lowest BCUT2D eigenvalue weighted by atomic mass is 9.99. The molecule has 2 rings (SSSR count). The van der Waals surface area contributed by atoms with Crippen molar-refractivity contribution in [2.24, 2.45) is 0 Å². The SMILES string of the molecule is Cl.O=C1N[C@H](c2c(F)cccc2Br)C(F)(F)CO1. The molecule has 1 saturated heterocycles. The summed E-state index contributed by atoms with van der Waals surface area (Å²) in [5, 5.41) is 1.92. The predicted molar refractivity (Wildman–Crippen MR) is 63.5 cm³/mol. The number of benzene rings is 1. The second kappa shape index (κ2) is 5.36. The summed E-state index contributed by atoms with van der Waals surface area (Å²) in [6, 6.07) is 2.12. The first-order valence-corrected chi connectivity index (χ1v) is 5.46. The van der Waals surface area contributed by atoms with E-state index in [0.717, 1.165) is 6.07 Å². The molecule has 18 heavy (non-hydrogen) atoms. The maximum atomic E-state index is 13.6. The fourth-order valence-corrected chi connectivity index (χ4v) is 2.15. The number of carbonyl (C=O) groups excluding carboxylic acids is 1. The minimum absolute atomic E-state index is 0. The predicted octanol–water partition coefficient (Wildman–Crippen LogP) is 3.43. The van der Waals surface area contributed by atoms with Crippen molar-refractivity contribution in [3.63, 3.8) is 0 Å². The van der Waals surface area contributed by atoms with Crippen LogP contribution in [0.5, 0.6) is 0 Å². The van der Waals surface area contributed by atoms with E-state index < -0.39 is 30.5 Å². The Balaban J connectivity index is 0.00000162. The zero-order valence-electron chi connectivity index (χ0n) is 8.75. The number of cyclic esters (lactones) is 1. The van der Waals surface area contributed by atoms with Crippen molar-refractivity contribution >= 4 is 34.4 Å². The monoisotopic (exact) mass is 345 g/mol. The lowest BCUT2D eigenvalue weighted by Gasteiger charge is -2.32. The van der Waals surface area contributed by atoms with Crippen LogP contribution in [-0.4, -0.2) is 18.6 Å². The Hall–Kier alpha value is -0.950. The number of halogens is 5. The average molecular weight is 347 g/mol. The van der Waals surface area contributed by atoms with Gasteiger partial charge in [0, 0.05) is 10.0 Å². The van der Waals surface area contributed by atoms with Crippen LogP contribution in [-0.2, 0) is 4.74 Å². The largest absolute Gasteiger partial charge is 0.443 e. The van der Waals surface area contributed by atoms with E-state index in [1.54, 1.807) is 0 Å². The van der Waals surface area contributed by atoms with Crippen molar-refractivity contribution in [3.05, 3.63) is 34.1 Å². The number of hydrogen-bond donors (Lipinski definition) is 1. The first-order valence-electron chi connectivity index (χ1n) is 4.67. The lowest BCUT2D eigenvalue weighted by molar-refractivity contribution is -0.105. The van der Waals surface area contributed by atoms with Crippen LogP contribution in [0.25, 0.3) is 0 Å². The zero-order valence-corrected chi connectivity index (χ0v) is 11.2. The van der Waals surface area contributed by atoms with Gasteiger partial charge in [-0.3, -0.25) is 0 Å². The molecule has 3 nitrogen and oxygen atoms in total. The molecule has 8 heteroatoms. The molecule has 1 amide bonds. The van der Waals surface area contributed by atoms with E-state index in [2.05, 4.69) is 20.7 Å². The van der Waals surface area contributed by atoms with Crippen LogP contribution < -0.4 is 5.32 Å². The molecule has 0 bridgehead atoms. The van der Waals surface area contributed by atoms with Gasteiger partial charge in [-0.15, -0.1) is 12.4 Å². The summed E-state index contributed by atoms with van der Waals surface area (Å²) in [5.74, 6) is -4.18. The number of alkyl carbamates (subject to hydrolysis) is 1. The van der Waals surface area contributed by atoms with Crippen LogP contribution >= 0.6 is 28.3 Å². The van der Waals surface area contributed by atoms with Gasteiger partial charge in [-0.2, -0.15) is 0 Å². The fourth-order valence-electron chi connectivity index (χ4n) is 1.58. The molecule has 1 aliphatic heterocycles. The van der Waals surface area contributed by atoms with Crippen molar-refractivity contribution in [2.75, 3.05) is 6.61 Å². The number of alkyl halides is 2. The van der Waals surface area contributed by atoms with E-state index in [9.17, 15) is 18.0 Å². The maximum absolute atomic E-state index is 13.6. The smallest absolute Gasteiger partial charge is 0.408 e. The van der Waals surface area contributed by atoms with E-state index >= 15 is 0 Å². The minimum Gasteiger partial charge on any atom is -0.443 e. The Morgan fingerprint density at radius 2 is 2.11 bits per heavy atom. The molecule has 100 valence electrons. The van der Waals surface area contributed by atoms with Gasteiger partial charge >= 0.3 is 12.0 Å². The molecule has 0 aliphatic carbocycles. The van der Waals surface area contributed by atoms with Crippen LogP contribution in [0, 0.1) is 5.82 Å². The molecule has 1 fully saturated rings. The van der Waals surface area contributed by atoms with Crippen LogP contribution in [0.15, 0.2) is 22.7 Å². The van der Waals surface area contributed by atoms with Gasteiger partial charge in [0.05, 0.1) is 0 Å². The van der Waals surface area contributed by atoms with Gasteiger partial charge in [0.25, 0.3) is 0 Å². The Bertz CT molecular complexity index is 452. The molecule has 1 atom stereocenters. The van der Waals surface area contributed by atoms with Gasteiger partial charge in [0.2, 0.25) is 0 Å². The van der Waals surface area contributed by atoms with E-state index in [0.29, 0.717) is 0 Å². The third-order valence-electron chi connectivity index (χ3n) is 2.37. The summed E-state index contributed by atoms with van der Waals surface area (Å²) >= 11 is 2.99. The van der Waals surface area contributed by atoms with E-state index in [4.69, 9.17) is 0 Å². The first kappa shape index (κ1) is 15.1. The molecular formula is C10H8BrClF3NO2. The van der Waals surface area contributed by atoms with Crippen molar-refractivity contribution in [1.82, 2.24) is 5.32 Å². The molecule has 0 spiro atoms. The van der Waals surface area contributed by atoms with Crippen molar-refractivity contribution in [3.8, 4) is 0 Å². The highest BCUT2D eigenvalue weighted by molar-refractivity contribution is 9.10. The summed E-state index contributed by atoms with van der Waals surface area (Å²) in [7, 11) is 0. The Labute approximate surface area is 115 Å². The standard InChI is InChI=1S/C10H7BrF3NO2.ClH/c11-5-2-1-3-6(12)7(5)8-10(13,14)4-17-9(16)15-8;/h1-3,8H,4H2,(H,15,16);1H/t8-;/m1./s1. The third kappa shape index (κ3) is 2.72. The molecule has 0 unspecified atom stereocenters. The number of amides is 1. The van der Waals surface area contributed by atoms with E-state index in [-0.39, 0.29) is 22.4 Å². The highest BCUT2D eigenvalue weighted by atomic mass is 79.9. The van der Waals surface area contributed by atoms with Gasteiger partial charge in [-0.05, 0) is 12.1 Å². The Kier molecular flexibility index (Phi) is 4.50. The summed E-state index contributed by atoms with van der Waals surface area (Å²) in [6.07, 6.45) is -0.990. The molecule has 0 saturated carbocycles. The molecule has 1 heterocycles.